The zero-order chi connectivity index (χ0) is 14.3. The van der Waals surface area contributed by atoms with Crippen LogP contribution in [0.5, 0.6) is 0 Å². The van der Waals surface area contributed by atoms with Gasteiger partial charge in [-0.1, -0.05) is 19.9 Å². The fourth-order valence-corrected chi connectivity index (χ4v) is 2.19. The Morgan fingerprint density at radius 2 is 2.16 bits per heavy atom. The van der Waals surface area contributed by atoms with Crippen LogP contribution in [0.15, 0.2) is 12.3 Å². The van der Waals surface area contributed by atoms with Gasteiger partial charge in [0.15, 0.2) is 0 Å². The van der Waals surface area contributed by atoms with Crippen molar-refractivity contribution in [2.45, 2.75) is 27.2 Å². The van der Waals surface area contributed by atoms with E-state index < -0.39 is 0 Å². The molecule has 0 fully saturated rings. The molecule has 0 spiro atoms. The van der Waals surface area contributed by atoms with Crippen molar-refractivity contribution < 1.29 is 4.74 Å². The zero-order valence-corrected chi connectivity index (χ0v) is 12.6. The van der Waals surface area contributed by atoms with Crippen molar-refractivity contribution >= 4 is 5.82 Å². The summed E-state index contributed by atoms with van der Waals surface area (Å²) in [5.41, 5.74) is 8.00. The van der Waals surface area contributed by atoms with Gasteiger partial charge < -0.3 is 15.4 Å². The van der Waals surface area contributed by atoms with E-state index in [1.54, 1.807) is 7.11 Å². The average Bonchev–Trinajstić information content (AvgIpc) is 2.35. The second-order valence-electron chi connectivity index (χ2n) is 5.36. The molecule has 0 aliphatic rings. The molecule has 0 unspecified atom stereocenters. The normalized spacial score (nSPS) is 11.1. The number of hydrogen-bond acceptors (Lipinski definition) is 4. The number of nitrogens with two attached hydrogens (primary N) is 1. The number of rotatable bonds is 8. The van der Waals surface area contributed by atoms with E-state index in [-0.39, 0.29) is 0 Å². The van der Waals surface area contributed by atoms with Crippen LogP contribution < -0.4 is 10.6 Å². The summed E-state index contributed by atoms with van der Waals surface area (Å²) in [5.74, 6) is 1.66. The van der Waals surface area contributed by atoms with E-state index in [0.29, 0.717) is 12.5 Å². The third kappa shape index (κ3) is 5.17. The molecule has 4 heteroatoms. The fraction of sp³-hybridized carbons (Fsp3) is 0.667. The molecule has 19 heavy (non-hydrogen) atoms. The summed E-state index contributed by atoms with van der Waals surface area (Å²) < 4.78 is 5.19. The molecule has 0 saturated heterocycles. The lowest BCUT2D eigenvalue weighted by Crippen LogP contribution is -2.32. The Balaban J connectivity index is 2.87. The SMILES string of the molecule is COCCN(CC(C)C)c1ncc(CCN)cc1C. The summed E-state index contributed by atoms with van der Waals surface area (Å²) in [6, 6.07) is 2.19. The van der Waals surface area contributed by atoms with Crippen LogP contribution in [0.3, 0.4) is 0 Å². The van der Waals surface area contributed by atoms with E-state index in [1.165, 1.54) is 11.1 Å². The lowest BCUT2D eigenvalue weighted by atomic mass is 10.1. The minimum atomic E-state index is 0.599. The molecular formula is C15H27N3O. The quantitative estimate of drug-likeness (QED) is 0.781. The van der Waals surface area contributed by atoms with E-state index in [4.69, 9.17) is 10.5 Å². The molecule has 4 nitrogen and oxygen atoms in total. The highest BCUT2D eigenvalue weighted by atomic mass is 16.5. The van der Waals surface area contributed by atoms with Crippen molar-refractivity contribution in [1.29, 1.82) is 0 Å². The second-order valence-corrected chi connectivity index (χ2v) is 5.36. The van der Waals surface area contributed by atoms with Crippen LogP contribution in [-0.4, -0.2) is 38.3 Å². The number of ether oxygens (including phenoxy) is 1. The minimum absolute atomic E-state index is 0.599. The lowest BCUT2D eigenvalue weighted by molar-refractivity contribution is 0.204. The van der Waals surface area contributed by atoms with E-state index in [2.05, 4.69) is 36.7 Å². The van der Waals surface area contributed by atoms with Gasteiger partial charge in [0.25, 0.3) is 0 Å². The van der Waals surface area contributed by atoms with E-state index in [9.17, 15) is 0 Å². The number of nitrogens with zero attached hydrogens (tertiary/aromatic N) is 2. The maximum atomic E-state index is 5.59. The van der Waals surface area contributed by atoms with Gasteiger partial charge in [0.05, 0.1) is 6.61 Å². The molecule has 0 saturated carbocycles. The molecular weight excluding hydrogens is 238 g/mol. The first-order valence-electron chi connectivity index (χ1n) is 6.98. The number of anilines is 1. The minimum Gasteiger partial charge on any atom is -0.383 e. The van der Waals surface area contributed by atoms with Crippen LogP contribution >= 0.6 is 0 Å². The third-order valence-corrected chi connectivity index (χ3v) is 2.99. The molecule has 2 N–H and O–H groups in total. The highest BCUT2D eigenvalue weighted by Crippen LogP contribution is 2.19. The van der Waals surface area contributed by atoms with E-state index >= 15 is 0 Å². The molecule has 1 aromatic rings. The van der Waals surface area contributed by atoms with Crippen LogP contribution in [0.4, 0.5) is 5.82 Å². The van der Waals surface area contributed by atoms with Gasteiger partial charge in [-0.15, -0.1) is 0 Å². The molecule has 0 bridgehead atoms. The van der Waals surface area contributed by atoms with Crippen LogP contribution in [0.2, 0.25) is 0 Å². The predicted molar refractivity (Wildman–Crippen MR) is 80.7 cm³/mol. The van der Waals surface area contributed by atoms with Gasteiger partial charge in [-0.3, -0.25) is 0 Å². The molecule has 0 atom stereocenters. The van der Waals surface area contributed by atoms with Gasteiger partial charge in [0.1, 0.15) is 5.82 Å². The van der Waals surface area contributed by atoms with Crippen LogP contribution in [0.1, 0.15) is 25.0 Å². The molecule has 1 aromatic heterocycles. The van der Waals surface area contributed by atoms with Gasteiger partial charge in [-0.05, 0) is 36.9 Å². The Kier molecular flexibility index (Phi) is 6.81. The van der Waals surface area contributed by atoms with Crippen LogP contribution in [0, 0.1) is 12.8 Å². The Hall–Kier alpha value is -1.13. The van der Waals surface area contributed by atoms with Gasteiger partial charge in [-0.25, -0.2) is 4.98 Å². The third-order valence-electron chi connectivity index (χ3n) is 2.99. The number of methoxy groups -OCH3 is 1. The summed E-state index contributed by atoms with van der Waals surface area (Å²) in [5, 5.41) is 0. The number of pyridine rings is 1. The Morgan fingerprint density at radius 1 is 1.42 bits per heavy atom. The maximum Gasteiger partial charge on any atom is 0.131 e. The van der Waals surface area contributed by atoms with Crippen LogP contribution in [-0.2, 0) is 11.2 Å². The summed E-state index contributed by atoms with van der Waals surface area (Å²) in [4.78, 5) is 6.92. The van der Waals surface area contributed by atoms with Crippen molar-refractivity contribution in [3.05, 3.63) is 23.4 Å². The smallest absolute Gasteiger partial charge is 0.131 e. The fourth-order valence-electron chi connectivity index (χ4n) is 2.19. The van der Waals surface area contributed by atoms with Crippen molar-refractivity contribution in [1.82, 2.24) is 4.98 Å². The Bertz CT molecular complexity index is 380. The van der Waals surface area contributed by atoms with Gasteiger partial charge >= 0.3 is 0 Å². The van der Waals surface area contributed by atoms with Crippen molar-refractivity contribution in [2.75, 3.05) is 38.3 Å². The standard InChI is InChI=1S/C15H27N3O/c1-12(2)11-18(7-8-19-4)15-13(3)9-14(5-6-16)10-17-15/h9-10,12H,5-8,11,16H2,1-4H3. The van der Waals surface area contributed by atoms with Crippen molar-refractivity contribution in [3.63, 3.8) is 0 Å². The maximum absolute atomic E-state index is 5.59. The first-order valence-corrected chi connectivity index (χ1v) is 6.98. The van der Waals surface area contributed by atoms with Gasteiger partial charge in [-0.2, -0.15) is 0 Å². The highest BCUT2D eigenvalue weighted by Gasteiger charge is 2.12. The second kappa shape index (κ2) is 8.12. The molecule has 0 amide bonds. The van der Waals surface area contributed by atoms with Gasteiger partial charge in [0, 0.05) is 26.4 Å². The number of aromatic nitrogens is 1. The highest BCUT2D eigenvalue weighted by molar-refractivity contribution is 5.47. The monoisotopic (exact) mass is 265 g/mol. The topological polar surface area (TPSA) is 51.4 Å². The molecule has 1 heterocycles. The summed E-state index contributed by atoms with van der Waals surface area (Å²) in [6.07, 6.45) is 2.83. The Morgan fingerprint density at radius 3 is 2.68 bits per heavy atom. The largest absolute Gasteiger partial charge is 0.383 e. The zero-order valence-electron chi connectivity index (χ0n) is 12.6. The first kappa shape index (κ1) is 15.9. The molecule has 0 radical (unpaired) electrons. The van der Waals surface area contributed by atoms with E-state index in [0.717, 1.165) is 31.9 Å². The predicted octanol–water partition coefficient (Wildman–Crippen LogP) is 2.00. The summed E-state index contributed by atoms with van der Waals surface area (Å²) in [6.45, 7) is 9.81. The molecule has 0 aliphatic heterocycles. The summed E-state index contributed by atoms with van der Waals surface area (Å²) in [7, 11) is 1.73. The molecule has 0 aromatic carbocycles. The molecule has 0 aliphatic carbocycles. The van der Waals surface area contributed by atoms with Crippen molar-refractivity contribution in [2.24, 2.45) is 11.7 Å². The first-order chi connectivity index (χ1) is 9.08. The van der Waals surface area contributed by atoms with E-state index in [1.807, 2.05) is 6.20 Å². The number of aryl methyl sites for hydroxylation is 1. The number of hydrogen-bond donors (Lipinski definition) is 1. The Labute approximate surface area is 117 Å². The van der Waals surface area contributed by atoms with Crippen LogP contribution in [0.25, 0.3) is 0 Å². The molecule has 108 valence electrons. The van der Waals surface area contributed by atoms with Crippen molar-refractivity contribution in [3.8, 4) is 0 Å². The lowest BCUT2D eigenvalue weighted by Gasteiger charge is -2.27. The van der Waals surface area contributed by atoms with Gasteiger partial charge in [0.2, 0.25) is 0 Å². The summed E-state index contributed by atoms with van der Waals surface area (Å²) >= 11 is 0. The molecule has 1 rings (SSSR count). The average molecular weight is 265 g/mol.